The van der Waals surface area contributed by atoms with Gasteiger partial charge in [0.25, 0.3) is 0 Å². The van der Waals surface area contributed by atoms with Crippen LogP contribution in [0.15, 0.2) is 0 Å². The summed E-state index contributed by atoms with van der Waals surface area (Å²) in [5.41, 5.74) is 0. The Hall–Kier alpha value is -0.260. The van der Waals surface area contributed by atoms with E-state index >= 15 is 0 Å². The molecule has 0 N–H and O–H groups in total. The highest BCUT2D eigenvalue weighted by molar-refractivity contribution is 7.81. The van der Waals surface area contributed by atoms with Crippen LogP contribution >= 0.6 is 12.6 Å². The Bertz CT molecular complexity index is 150. The standard InChI is InChI=1S/C9H18O4S/c1-8(14)9(10)13-7-6-12-5-3-4-11-2/h8,14H,3-7H2,1-2H3. The van der Waals surface area contributed by atoms with Gasteiger partial charge in [0.2, 0.25) is 0 Å². The average Bonchev–Trinajstić information content (AvgIpc) is 2.16. The van der Waals surface area contributed by atoms with Gasteiger partial charge in [-0.05, 0) is 13.3 Å². The molecule has 1 atom stereocenters. The molecule has 0 amide bonds. The molecule has 0 aromatic rings. The van der Waals surface area contributed by atoms with Crippen LogP contribution < -0.4 is 0 Å². The summed E-state index contributed by atoms with van der Waals surface area (Å²) in [5, 5.41) is -0.372. The van der Waals surface area contributed by atoms with Crippen LogP contribution in [0.2, 0.25) is 0 Å². The smallest absolute Gasteiger partial charge is 0.318 e. The van der Waals surface area contributed by atoms with Gasteiger partial charge in [0, 0.05) is 20.3 Å². The minimum Gasteiger partial charge on any atom is -0.462 e. The lowest BCUT2D eigenvalue weighted by Crippen LogP contribution is -2.17. The van der Waals surface area contributed by atoms with Gasteiger partial charge in [-0.3, -0.25) is 4.79 Å². The van der Waals surface area contributed by atoms with E-state index < -0.39 is 0 Å². The van der Waals surface area contributed by atoms with E-state index in [0.717, 1.165) is 6.42 Å². The van der Waals surface area contributed by atoms with Crippen molar-refractivity contribution >= 4 is 18.6 Å². The number of rotatable bonds is 8. The molecule has 0 aliphatic heterocycles. The molecule has 0 saturated carbocycles. The predicted molar refractivity (Wildman–Crippen MR) is 56.7 cm³/mol. The summed E-state index contributed by atoms with van der Waals surface area (Å²) in [7, 11) is 1.65. The molecule has 84 valence electrons. The first-order valence-corrected chi connectivity index (χ1v) is 5.11. The molecular formula is C9H18O4S. The Balaban J connectivity index is 3.10. The molecule has 5 heteroatoms. The number of carbonyl (C=O) groups is 1. The van der Waals surface area contributed by atoms with Crippen LogP contribution in [0.25, 0.3) is 0 Å². The molecule has 0 aliphatic carbocycles. The van der Waals surface area contributed by atoms with Crippen molar-refractivity contribution < 1.29 is 19.0 Å². The highest BCUT2D eigenvalue weighted by atomic mass is 32.1. The Morgan fingerprint density at radius 1 is 1.29 bits per heavy atom. The van der Waals surface area contributed by atoms with Gasteiger partial charge in [-0.1, -0.05) is 0 Å². The molecule has 0 rings (SSSR count). The SMILES string of the molecule is COCCCOCCOC(=O)C(C)S. The van der Waals surface area contributed by atoms with Gasteiger partial charge in [-0.25, -0.2) is 0 Å². The molecule has 0 aliphatic rings. The predicted octanol–water partition coefficient (Wildman–Crippen LogP) is 0.901. The molecule has 14 heavy (non-hydrogen) atoms. The first-order valence-electron chi connectivity index (χ1n) is 4.60. The van der Waals surface area contributed by atoms with Gasteiger partial charge in [0.1, 0.15) is 6.61 Å². The third-order valence-corrected chi connectivity index (χ3v) is 1.66. The maximum Gasteiger partial charge on any atom is 0.318 e. The second kappa shape index (κ2) is 9.30. The first-order chi connectivity index (χ1) is 6.68. The molecule has 0 aromatic heterocycles. The minimum absolute atomic E-state index is 0.288. The lowest BCUT2D eigenvalue weighted by Gasteiger charge is -2.07. The second-order valence-corrected chi connectivity index (χ2v) is 3.58. The third-order valence-electron chi connectivity index (χ3n) is 1.45. The summed E-state index contributed by atoms with van der Waals surface area (Å²) in [6.07, 6.45) is 0.855. The summed E-state index contributed by atoms with van der Waals surface area (Å²) in [6, 6.07) is 0. The molecule has 0 saturated heterocycles. The van der Waals surface area contributed by atoms with Crippen LogP contribution in [-0.2, 0) is 19.0 Å². The van der Waals surface area contributed by atoms with Crippen molar-refractivity contribution in [3.63, 3.8) is 0 Å². The molecule has 0 aromatic carbocycles. The monoisotopic (exact) mass is 222 g/mol. The van der Waals surface area contributed by atoms with Crippen molar-refractivity contribution in [2.24, 2.45) is 0 Å². The zero-order valence-electron chi connectivity index (χ0n) is 8.69. The summed E-state index contributed by atoms with van der Waals surface area (Å²) in [5.74, 6) is -0.311. The number of ether oxygens (including phenoxy) is 3. The molecule has 4 nitrogen and oxygen atoms in total. The largest absolute Gasteiger partial charge is 0.462 e. The maximum absolute atomic E-state index is 10.9. The van der Waals surface area contributed by atoms with E-state index in [2.05, 4.69) is 12.6 Å². The Morgan fingerprint density at radius 2 is 2.00 bits per heavy atom. The van der Waals surface area contributed by atoms with E-state index in [1.807, 2.05) is 0 Å². The van der Waals surface area contributed by atoms with Crippen molar-refractivity contribution in [1.29, 1.82) is 0 Å². The van der Waals surface area contributed by atoms with Gasteiger partial charge in [0.05, 0.1) is 11.9 Å². The number of carbonyl (C=O) groups excluding carboxylic acids is 1. The van der Waals surface area contributed by atoms with Crippen molar-refractivity contribution in [1.82, 2.24) is 0 Å². The van der Waals surface area contributed by atoms with E-state index in [9.17, 15) is 4.79 Å². The van der Waals surface area contributed by atoms with E-state index in [1.165, 1.54) is 0 Å². The highest BCUT2D eigenvalue weighted by Gasteiger charge is 2.07. The van der Waals surface area contributed by atoms with Crippen LogP contribution in [0.3, 0.4) is 0 Å². The van der Waals surface area contributed by atoms with Crippen LogP contribution in [0.1, 0.15) is 13.3 Å². The summed E-state index contributed by atoms with van der Waals surface area (Å²) >= 11 is 3.93. The maximum atomic E-state index is 10.9. The minimum atomic E-state index is -0.372. The van der Waals surface area contributed by atoms with Crippen molar-refractivity contribution in [2.45, 2.75) is 18.6 Å². The topological polar surface area (TPSA) is 44.8 Å². The average molecular weight is 222 g/mol. The van der Waals surface area contributed by atoms with Crippen molar-refractivity contribution in [2.75, 3.05) is 33.5 Å². The molecular weight excluding hydrogens is 204 g/mol. The lowest BCUT2D eigenvalue weighted by atomic mass is 10.5. The lowest BCUT2D eigenvalue weighted by molar-refractivity contribution is -0.144. The molecule has 0 bridgehead atoms. The van der Waals surface area contributed by atoms with Gasteiger partial charge in [-0.2, -0.15) is 12.6 Å². The third kappa shape index (κ3) is 8.34. The van der Waals surface area contributed by atoms with E-state index in [-0.39, 0.29) is 17.8 Å². The highest BCUT2D eigenvalue weighted by Crippen LogP contribution is 1.95. The number of methoxy groups -OCH3 is 1. The fourth-order valence-corrected chi connectivity index (χ4v) is 0.804. The normalized spacial score (nSPS) is 12.5. The zero-order valence-corrected chi connectivity index (χ0v) is 9.59. The molecule has 0 heterocycles. The fourth-order valence-electron chi connectivity index (χ4n) is 0.729. The van der Waals surface area contributed by atoms with Gasteiger partial charge >= 0.3 is 5.97 Å². The molecule has 1 unspecified atom stereocenters. The van der Waals surface area contributed by atoms with Crippen LogP contribution in [0.5, 0.6) is 0 Å². The van der Waals surface area contributed by atoms with Crippen LogP contribution in [0, 0.1) is 0 Å². The summed E-state index contributed by atoms with van der Waals surface area (Å²) < 4.78 is 14.9. The number of esters is 1. The number of thiol groups is 1. The van der Waals surface area contributed by atoms with Crippen LogP contribution in [0.4, 0.5) is 0 Å². The summed E-state index contributed by atoms with van der Waals surface area (Å²) in [6.45, 7) is 3.70. The quantitative estimate of drug-likeness (QED) is 0.376. The molecule has 0 radical (unpaired) electrons. The number of hydrogen-bond donors (Lipinski definition) is 1. The van der Waals surface area contributed by atoms with Gasteiger partial charge < -0.3 is 14.2 Å². The Kier molecular flexibility index (Phi) is 9.13. The molecule has 0 spiro atoms. The van der Waals surface area contributed by atoms with Crippen molar-refractivity contribution in [3.05, 3.63) is 0 Å². The Labute approximate surface area is 90.3 Å². The molecule has 0 fully saturated rings. The first kappa shape index (κ1) is 13.7. The summed E-state index contributed by atoms with van der Waals surface area (Å²) in [4.78, 5) is 10.9. The van der Waals surface area contributed by atoms with Crippen molar-refractivity contribution in [3.8, 4) is 0 Å². The van der Waals surface area contributed by atoms with E-state index in [0.29, 0.717) is 19.8 Å². The van der Waals surface area contributed by atoms with Gasteiger partial charge in [0.15, 0.2) is 0 Å². The van der Waals surface area contributed by atoms with Gasteiger partial charge in [-0.15, -0.1) is 0 Å². The second-order valence-electron chi connectivity index (χ2n) is 2.80. The fraction of sp³-hybridized carbons (Fsp3) is 0.889. The zero-order chi connectivity index (χ0) is 10.8. The number of hydrogen-bond acceptors (Lipinski definition) is 5. The Morgan fingerprint density at radius 3 is 2.57 bits per heavy atom. The van der Waals surface area contributed by atoms with Crippen LogP contribution in [-0.4, -0.2) is 44.8 Å². The van der Waals surface area contributed by atoms with E-state index in [4.69, 9.17) is 14.2 Å². The van der Waals surface area contributed by atoms with E-state index in [1.54, 1.807) is 14.0 Å².